The van der Waals surface area contributed by atoms with Crippen molar-refractivity contribution in [3.05, 3.63) is 65.7 Å². The van der Waals surface area contributed by atoms with Gasteiger partial charge in [0, 0.05) is 36.7 Å². The first-order chi connectivity index (χ1) is 15.7. The zero-order chi connectivity index (χ0) is 24.0. The molecule has 0 aliphatic carbocycles. The fraction of sp³-hybridized carbons (Fsp3) is 0.273. The maximum absolute atomic E-state index is 12.9. The standard InChI is InChI=1S/C22H22F3N5O3/c1-14-10-16(12-17(11-14)28-21-26-5-4-19(29-21)22(23,24)25)15-2-3-18(27-13-15)20(33)30(6-8-31)7-9-32/h2-5,10-13,31-32H,6-9H2,1H3,(H,26,28,29). The molecule has 0 saturated carbocycles. The number of carbonyl (C=O) groups excluding carboxylic acids is 1. The number of rotatable bonds is 8. The van der Waals surface area contributed by atoms with Gasteiger partial charge in [0.2, 0.25) is 5.95 Å². The zero-order valence-corrected chi connectivity index (χ0v) is 17.7. The van der Waals surface area contributed by atoms with Crippen molar-refractivity contribution in [1.82, 2.24) is 19.9 Å². The van der Waals surface area contributed by atoms with Gasteiger partial charge in [0.15, 0.2) is 0 Å². The van der Waals surface area contributed by atoms with E-state index in [2.05, 4.69) is 20.3 Å². The molecule has 8 nitrogen and oxygen atoms in total. The molecule has 33 heavy (non-hydrogen) atoms. The molecule has 1 aromatic carbocycles. The maximum Gasteiger partial charge on any atom is 0.433 e. The molecule has 0 fully saturated rings. The Bertz CT molecular complexity index is 1100. The van der Waals surface area contributed by atoms with E-state index in [1.807, 2.05) is 13.0 Å². The van der Waals surface area contributed by atoms with Gasteiger partial charge in [-0.1, -0.05) is 12.1 Å². The predicted molar refractivity (Wildman–Crippen MR) is 115 cm³/mol. The molecular formula is C22H22F3N5O3. The third-order valence-corrected chi connectivity index (χ3v) is 4.62. The largest absolute Gasteiger partial charge is 0.433 e. The van der Waals surface area contributed by atoms with Gasteiger partial charge in [0.25, 0.3) is 5.91 Å². The summed E-state index contributed by atoms with van der Waals surface area (Å²) in [6.45, 7) is 1.51. The van der Waals surface area contributed by atoms with Crippen LogP contribution in [0.15, 0.2) is 48.8 Å². The number of hydrogen-bond acceptors (Lipinski definition) is 7. The SMILES string of the molecule is Cc1cc(Nc2nccc(C(F)(F)F)n2)cc(-c2ccc(C(=O)N(CCO)CCO)nc2)c1. The lowest BCUT2D eigenvalue weighted by molar-refractivity contribution is -0.141. The lowest BCUT2D eigenvalue weighted by atomic mass is 10.0. The third-order valence-electron chi connectivity index (χ3n) is 4.62. The van der Waals surface area contributed by atoms with Crippen molar-refractivity contribution in [3.8, 4) is 11.1 Å². The molecule has 0 aliphatic heterocycles. The van der Waals surface area contributed by atoms with Gasteiger partial charge in [0.05, 0.1) is 13.2 Å². The predicted octanol–water partition coefficient (Wildman–Crippen LogP) is 3.04. The van der Waals surface area contributed by atoms with E-state index >= 15 is 0 Å². The number of alkyl halides is 3. The lowest BCUT2D eigenvalue weighted by Gasteiger charge is -2.20. The Labute approximate surface area is 187 Å². The molecular weight excluding hydrogens is 439 g/mol. The second-order valence-electron chi connectivity index (χ2n) is 7.15. The Morgan fingerprint density at radius 2 is 1.76 bits per heavy atom. The van der Waals surface area contributed by atoms with Crippen LogP contribution in [-0.4, -0.2) is 62.3 Å². The summed E-state index contributed by atoms with van der Waals surface area (Å²) in [6, 6.07) is 9.32. The monoisotopic (exact) mass is 461 g/mol. The van der Waals surface area contributed by atoms with Crippen molar-refractivity contribution >= 4 is 17.5 Å². The van der Waals surface area contributed by atoms with E-state index in [-0.39, 0.29) is 37.9 Å². The van der Waals surface area contributed by atoms with Crippen LogP contribution < -0.4 is 5.32 Å². The summed E-state index contributed by atoms with van der Waals surface area (Å²) in [5.41, 5.74) is 1.83. The molecule has 3 rings (SSSR count). The van der Waals surface area contributed by atoms with Gasteiger partial charge in [-0.05, 0) is 42.3 Å². The Kier molecular flexibility index (Phi) is 7.56. The molecule has 0 atom stereocenters. The van der Waals surface area contributed by atoms with Gasteiger partial charge in [-0.2, -0.15) is 13.2 Å². The van der Waals surface area contributed by atoms with E-state index in [4.69, 9.17) is 10.2 Å². The Morgan fingerprint density at radius 1 is 1.03 bits per heavy atom. The van der Waals surface area contributed by atoms with Crippen LogP contribution >= 0.6 is 0 Å². The normalized spacial score (nSPS) is 11.3. The van der Waals surface area contributed by atoms with Gasteiger partial charge in [-0.25, -0.2) is 9.97 Å². The van der Waals surface area contributed by atoms with E-state index in [0.29, 0.717) is 11.3 Å². The quantitative estimate of drug-likeness (QED) is 0.473. The first kappa shape index (κ1) is 24.1. The number of hydrogen-bond donors (Lipinski definition) is 3. The number of benzene rings is 1. The molecule has 2 aromatic heterocycles. The van der Waals surface area contributed by atoms with E-state index < -0.39 is 17.8 Å². The van der Waals surface area contributed by atoms with E-state index in [1.54, 1.807) is 18.2 Å². The minimum atomic E-state index is -4.58. The molecule has 0 bridgehead atoms. The summed E-state index contributed by atoms with van der Waals surface area (Å²) in [5.74, 6) is -0.605. The van der Waals surface area contributed by atoms with Crippen LogP contribution in [0.25, 0.3) is 11.1 Å². The number of carbonyl (C=O) groups is 1. The number of aliphatic hydroxyl groups is 2. The molecule has 3 aromatic rings. The van der Waals surface area contributed by atoms with Gasteiger partial charge < -0.3 is 20.4 Å². The van der Waals surface area contributed by atoms with Crippen molar-refractivity contribution in [2.24, 2.45) is 0 Å². The first-order valence-corrected chi connectivity index (χ1v) is 9.97. The minimum absolute atomic E-state index is 0.0767. The van der Waals surface area contributed by atoms with Crippen molar-refractivity contribution in [1.29, 1.82) is 0 Å². The van der Waals surface area contributed by atoms with Crippen LogP contribution in [0.5, 0.6) is 0 Å². The number of amides is 1. The highest BCUT2D eigenvalue weighted by molar-refractivity contribution is 5.92. The van der Waals surface area contributed by atoms with Crippen LogP contribution in [0.2, 0.25) is 0 Å². The molecule has 174 valence electrons. The molecule has 1 amide bonds. The van der Waals surface area contributed by atoms with E-state index in [0.717, 1.165) is 23.4 Å². The first-order valence-electron chi connectivity index (χ1n) is 9.97. The van der Waals surface area contributed by atoms with Gasteiger partial charge in [-0.15, -0.1) is 0 Å². The number of aryl methyl sites for hydroxylation is 1. The highest BCUT2D eigenvalue weighted by Gasteiger charge is 2.32. The maximum atomic E-state index is 12.9. The average molecular weight is 461 g/mol. The number of nitrogens with zero attached hydrogens (tertiary/aromatic N) is 4. The van der Waals surface area contributed by atoms with Crippen molar-refractivity contribution in [2.75, 3.05) is 31.6 Å². The summed E-state index contributed by atoms with van der Waals surface area (Å²) < 4.78 is 38.7. The molecule has 3 N–H and O–H groups in total. The molecule has 2 heterocycles. The van der Waals surface area contributed by atoms with Crippen molar-refractivity contribution in [2.45, 2.75) is 13.1 Å². The van der Waals surface area contributed by atoms with E-state index in [9.17, 15) is 18.0 Å². The number of aliphatic hydroxyl groups excluding tert-OH is 2. The fourth-order valence-corrected chi connectivity index (χ4v) is 3.14. The summed E-state index contributed by atoms with van der Waals surface area (Å²) in [5, 5.41) is 21.0. The number of aromatic nitrogens is 3. The minimum Gasteiger partial charge on any atom is -0.395 e. The third kappa shape index (κ3) is 6.24. The second-order valence-corrected chi connectivity index (χ2v) is 7.15. The Balaban J connectivity index is 1.83. The van der Waals surface area contributed by atoms with Crippen LogP contribution in [0.3, 0.4) is 0 Å². The van der Waals surface area contributed by atoms with Crippen LogP contribution in [0.4, 0.5) is 24.8 Å². The summed E-state index contributed by atoms with van der Waals surface area (Å²) in [6.07, 6.45) is -2.04. The van der Waals surface area contributed by atoms with Gasteiger partial charge >= 0.3 is 6.18 Å². The van der Waals surface area contributed by atoms with Crippen LogP contribution in [-0.2, 0) is 6.18 Å². The number of nitrogens with one attached hydrogen (secondary N) is 1. The highest BCUT2D eigenvalue weighted by Crippen LogP contribution is 2.29. The molecule has 11 heteroatoms. The molecule has 0 unspecified atom stereocenters. The zero-order valence-electron chi connectivity index (χ0n) is 17.7. The fourth-order valence-electron chi connectivity index (χ4n) is 3.14. The van der Waals surface area contributed by atoms with E-state index in [1.165, 1.54) is 17.2 Å². The summed E-state index contributed by atoms with van der Waals surface area (Å²) in [7, 11) is 0. The number of pyridine rings is 1. The second kappa shape index (κ2) is 10.4. The van der Waals surface area contributed by atoms with Crippen molar-refractivity contribution < 1.29 is 28.2 Å². The van der Waals surface area contributed by atoms with Crippen LogP contribution in [0, 0.1) is 6.92 Å². The van der Waals surface area contributed by atoms with Crippen LogP contribution in [0.1, 0.15) is 21.7 Å². The number of anilines is 2. The van der Waals surface area contributed by atoms with Gasteiger partial charge in [0.1, 0.15) is 11.4 Å². The molecule has 0 aliphatic rings. The lowest BCUT2D eigenvalue weighted by Crippen LogP contribution is -2.36. The molecule has 0 spiro atoms. The Hall–Kier alpha value is -3.57. The molecule has 0 radical (unpaired) electrons. The average Bonchev–Trinajstić information content (AvgIpc) is 2.78. The van der Waals surface area contributed by atoms with Crippen molar-refractivity contribution in [3.63, 3.8) is 0 Å². The topological polar surface area (TPSA) is 111 Å². The number of halogens is 3. The molecule has 0 saturated heterocycles. The highest BCUT2D eigenvalue weighted by atomic mass is 19.4. The smallest absolute Gasteiger partial charge is 0.395 e. The summed E-state index contributed by atoms with van der Waals surface area (Å²) in [4.78, 5) is 25.4. The van der Waals surface area contributed by atoms with Gasteiger partial charge in [-0.3, -0.25) is 9.78 Å². The summed E-state index contributed by atoms with van der Waals surface area (Å²) >= 11 is 0. The Morgan fingerprint density at radius 3 is 2.36 bits per heavy atom.